The molecule has 3 rings (SSSR count). The molecule has 2 aromatic rings. The van der Waals surface area contributed by atoms with E-state index in [1.807, 2.05) is 32.9 Å². The van der Waals surface area contributed by atoms with Gasteiger partial charge in [-0.3, -0.25) is 4.79 Å². The lowest BCUT2D eigenvalue weighted by atomic mass is 9.95. The molecule has 0 atom stereocenters. The van der Waals surface area contributed by atoms with Crippen molar-refractivity contribution >= 4 is 21.6 Å². The molecule has 0 radical (unpaired) electrons. The van der Waals surface area contributed by atoms with Crippen LogP contribution in [0.25, 0.3) is 0 Å². The molecule has 0 aliphatic carbocycles. The van der Waals surface area contributed by atoms with Gasteiger partial charge in [0.15, 0.2) is 11.5 Å². The highest BCUT2D eigenvalue weighted by molar-refractivity contribution is 7.89. The van der Waals surface area contributed by atoms with Crippen molar-refractivity contribution in [3.63, 3.8) is 0 Å². The molecular formula is C23H30N2O6S. The lowest BCUT2D eigenvalue weighted by molar-refractivity contribution is -0.123. The third kappa shape index (κ3) is 5.06. The quantitative estimate of drug-likeness (QED) is 0.604. The van der Waals surface area contributed by atoms with Crippen molar-refractivity contribution in [1.82, 2.24) is 4.31 Å². The number of rotatable bonds is 8. The van der Waals surface area contributed by atoms with Crippen molar-refractivity contribution in [3.05, 3.63) is 47.5 Å². The summed E-state index contributed by atoms with van der Waals surface area (Å²) >= 11 is 0. The summed E-state index contributed by atoms with van der Waals surface area (Å²) in [5, 5.41) is 2.94. The molecule has 1 N–H and O–H groups in total. The van der Waals surface area contributed by atoms with Crippen molar-refractivity contribution in [1.29, 1.82) is 0 Å². The molecule has 1 amide bonds. The highest BCUT2D eigenvalue weighted by atomic mass is 32.2. The van der Waals surface area contributed by atoms with Crippen molar-refractivity contribution in [2.75, 3.05) is 32.8 Å². The summed E-state index contributed by atoms with van der Waals surface area (Å²) in [5.41, 5.74) is 1.75. The summed E-state index contributed by atoms with van der Waals surface area (Å²) < 4.78 is 44.1. The maximum Gasteiger partial charge on any atom is 0.243 e. The zero-order valence-electron chi connectivity index (χ0n) is 19.1. The summed E-state index contributed by atoms with van der Waals surface area (Å²) in [4.78, 5) is 12.6. The number of carbonyl (C=O) groups excluding carboxylic acids is 1. The van der Waals surface area contributed by atoms with Crippen LogP contribution in [0.2, 0.25) is 0 Å². The molecule has 0 aromatic heterocycles. The van der Waals surface area contributed by atoms with E-state index in [-0.39, 0.29) is 30.5 Å². The Labute approximate surface area is 189 Å². The number of methoxy groups -OCH3 is 2. The average Bonchev–Trinajstić information content (AvgIpc) is 3.19. The zero-order chi connectivity index (χ0) is 23.5. The van der Waals surface area contributed by atoms with Gasteiger partial charge in [0.2, 0.25) is 15.9 Å². The van der Waals surface area contributed by atoms with Crippen LogP contribution in [0.15, 0.2) is 41.3 Å². The van der Waals surface area contributed by atoms with Crippen LogP contribution in [0.4, 0.5) is 5.69 Å². The minimum atomic E-state index is -3.80. The molecule has 0 fully saturated rings. The van der Waals surface area contributed by atoms with E-state index in [9.17, 15) is 13.2 Å². The van der Waals surface area contributed by atoms with Crippen LogP contribution in [-0.4, -0.2) is 46.1 Å². The Morgan fingerprint density at radius 3 is 2.47 bits per heavy atom. The van der Waals surface area contributed by atoms with Crippen LogP contribution in [0.1, 0.15) is 31.9 Å². The van der Waals surface area contributed by atoms with Gasteiger partial charge in [-0.25, -0.2) is 8.42 Å². The molecule has 2 aromatic carbocycles. The van der Waals surface area contributed by atoms with Gasteiger partial charge < -0.3 is 19.5 Å². The van der Waals surface area contributed by atoms with Gasteiger partial charge in [-0.05, 0) is 29.3 Å². The first-order valence-electron chi connectivity index (χ1n) is 10.3. The molecule has 0 saturated heterocycles. The minimum absolute atomic E-state index is 0.110. The molecular weight excluding hydrogens is 432 g/mol. The topological polar surface area (TPSA) is 94.2 Å². The number of benzene rings is 2. The van der Waals surface area contributed by atoms with E-state index in [0.29, 0.717) is 23.8 Å². The molecule has 0 saturated carbocycles. The molecule has 8 nitrogen and oxygen atoms in total. The second-order valence-corrected chi connectivity index (χ2v) is 10.5. The Morgan fingerprint density at radius 2 is 1.81 bits per heavy atom. The number of nitrogens with zero attached hydrogens (tertiary/aromatic N) is 1. The van der Waals surface area contributed by atoms with E-state index in [1.54, 1.807) is 19.2 Å². The maximum absolute atomic E-state index is 13.4. The molecule has 0 spiro atoms. The number of amides is 1. The van der Waals surface area contributed by atoms with Gasteiger partial charge in [-0.15, -0.1) is 0 Å². The smallest absolute Gasteiger partial charge is 0.243 e. The number of hydrogen-bond acceptors (Lipinski definition) is 6. The van der Waals surface area contributed by atoms with Crippen molar-refractivity contribution in [2.45, 2.75) is 38.8 Å². The van der Waals surface area contributed by atoms with Gasteiger partial charge in [-0.1, -0.05) is 32.9 Å². The highest BCUT2D eigenvalue weighted by Crippen LogP contribution is 2.36. The molecule has 1 aliphatic heterocycles. The van der Waals surface area contributed by atoms with Crippen LogP contribution in [0, 0.1) is 5.41 Å². The largest absolute Gasteiger partial charge is 0.493 e. The standard InChI is InChI=1S/C23H30N2O6S/c1-23(2,3)22(26)24-19-8-6-7-16-14-25(15-18(16)19)32(27,28)17-9-10-20(30-5)21(13-17)31-12-11-29-4/h6-10,13H,11-12,14-15H2,1-5H3,(H,24,26). The fourth-order valence-corrected chi connectivity index (χ4v) is 4.71. The number of ether oxygens (including phenoxy) is 3. The van der Waals surface area contributed by atoms with E-state index in [4.69, 9.17) is 14.2 Å². The zero-order valence-corrected chi connectivity index (χ0v) is 19.9. The summed E-state index contributed by atoms with van der Waals surface area (Å²) in [5.74, 6) is 0.651. The lowest BCUT2D eigenvalue weighted by Gasteiger charge is -2.19. The van der Waals surface area contributed by atoms with E-state index in [0.717, 1.165) is 11.1 Å². The van der Waals surface area contributed by atoms with Crippen LogP contribution in [0.3, 0.4) is 0 Å². The number of hydrogen-bond donors (Lipinski definition) is 1. The number of fused-ring (bicyclic) bond motifs is 1. The molecule has 9 heteroatoms. The second kappa shape index (κ2) is 9.48. The Hall–Kier alpha value is -2.62. The molecule has 0 bridgehead atoms. The van der Waals surface area contributed by atoms with Crippen LogP contribution in [-0.2, 0) is 32.6 Å². The Morgan fingerprint density at radius 1 is 1.06 bits per heavy atom. The van der Waals surface area contributed by atoms with Gasteiger partial charge in [0.25, 0.3) is 0 Å². The summed E-state index contributed by atoms with van der Waals surface area (Å²) in [7, 11) is -0.747. The fraction of sp³-hybridized carbons (Fsp3) is 0.435. The Balaban J connectivity index is 1.86. The third-order valence-electron chi connectivity index (χ3n) is 5.20. The van der Waals surface area contributed by atoms with E-state index in [2.05, 4.69) is 5.32 Å². The predicted molar refractivity (Wildman–Crippen MR) is 121 cm³/mol. The summed E-state index contributed by atoms with van der Waals surface area (Å²) in [6, 6.07) is 10.0. The van der Waals surface area contributed by atoms with Crippen molar-refractivity contribution in [2.24, 2.45) is 5.41 Å². The molecule has 1 heterocycles. The third-order valence-corrected chi connectivity index (χ3v) is 6.99. The van der Waals surface area contributed by atoms with Crippen molar-refractivity contribution < 1.29 is 27.4 Å². The van der Waals surface area contributed by atoms with Gasteiger partial charge >= 0.3 is 0 Å². The predicted octanol–water partition coefficient (Wildman–Crippen LogP) is 3.41. The molecule has 174 valence electrons. The van der Waals surface area contributed by atoms with Crippen LogP contribution < -0.4 is 14.8 Å². The maximum atomic E-state index is 13.4. The lowest BCUT2D eigenvalue weighted by Crippen LogP contribution is -2.28. The van der Waals surface area contributed by atoms with E-state index in [1.165, 1.54) is 23.5 Å². The first-order chi connectivity index (χ1) is 15.1. The van der Waals surface area contributed by atoms with E-state index < -0.39 is 15.4 Å². The average molecular weight is 463 g/mol. The Bertz CT molecular complexity index is 1090. The molecule has 0 unspecified atom stereocenters. The monoisotopic (exact) mass is 462 g/mol. The van der Waals surface area contributed by atoms with Crippen molar-refractivity contribution in [3.8, 4) is 11.5 Å². The van der Waals surface area contributed by atoms with Gasteiger partial charge in [0.1, 0.15) is 6.61 Å². The van der Waals surface area contributed by atoms with E-state index >= 15 is 0 Å². The summed E-state index contributed by atoms with van der Waals surface area (Å²) in [6.45, 7) is 6.52. The van der Waals surface area contributed by atoms with Gasteiger partial charge in [0, 0.05) is 37.4 Å². The molecule has 1 aliphatic rings. The van der Waals surface area contributed by atoms with Crippen LogP contribution >= 0.6 is 0 Å². The molecule has 32 heavy (non-hydrogen) atoms. The van der Waals surface area contributed by atoms with Gasteiger partial charge in [0.05, 0.1) is 18.6 Å². The summed E-state index contributed by atoms with van der Waals surface area (Å²) in [6.07, 6.45) is 0. The fourth-order valence-electron chi connectivity index (χ4n) is 3.30. The van der Waals surface area contributed by atoms with Crippen LogP contribution in [0.5, 0.6) is 11.5 Å². The Kier molecular flexibility index (Phi) is 7.12. The SMILES string of the molecule is COCCOc1cc(S(=O)(=O)N2Cc3cccc(NC(=O)C(C)(C)C)c3C2)ccc1OC. The normalized spacial score (nSPS) is 14.2. The minimum Gasteiger partial charge on any atom is -0.493 e. The first-order valence-corrected chi connectivity index (χ1v) is 11.7. The highest BCUT2D eigenvalue weighted by Gasteiger charge is 2.33. The number of sulfonamides is 1. The first kappa shape index (κ1) is 24.0. The van der Waals surface area contributed by atoms with Gasteiger partial charge in [-0.2, -0.15) is 4.31 Å². The number of anilines is 1. The number of nitrogens with one attached hydrogen (secondary N) is 1. The number of carbonyl (C=O) groups is 1. The second-order valence-electron chi connectivity index (χ2n) is 8.57.